The summed E-state index contributed by atoms with van der Waals surface area (Å²) in [5.41, 5.74) is 4.97. The first-order valence-electron chi connectivity index (χ1n) is 10.5. The van der Waals surface area contributed by atoms with Crippen molar-refractivity contribution < 1.29 is 23.8 Å². The van der Waals surface area contributed by atoms with Crippen molar-refractivity contribution in [3.8, 4) is 17.2 Å². The molecule has 2 aromatic rings. The van der Waals surface area contributed by atoms with Crippen LogP contribution < -0.4 is 19.6 Å². The molecule has 32 heavy (non-hydrogen) atoms. The Kier molecular flexibility index (Phi) is 7.70. The molecule has 1 aliphatic rings. The van der Waals surface area contributed by atoms with Crippen molar-refractivity contribution in [2.75, 3.05) is 34.4 Å². The zero-order chi connectivity index (χ0) is 23.1. The fraction of sp³-hybridized carbons (Fsp3) is 0.375. The van der Waals surface area contributed by atoms with E-state index in [0.29, 0.717) is 54.3 Å². The molecular formula is C24H29N3O5. The fourth-order valence-electron chi connectivity index (χ4n) is 3.77. The van der Waals surface area contributed by atoms with E-state index in [1.165, 1.54) is 27.5 Å². The molecular weight excluding hydrogens is 410 g/mol. The van der Waals surface area contributed by atoms with Crippen LogP contribution in [0.3, 0.4) is 0 Å². The number of aryl methyl sites for hydroxylation is 1. The highest BCUT2D eigenvalue weighted by Gasteiger charge is 2.28. The van der Waals surface area contributed by atoms with Crippen molar-refractivity contribution in [3.05, 3.63) is 53.1 Å². The first kappa shape index (κ1) is 23.1. The highest BCUT2D eigenvalue weighted by atomic mass is 16.5. The van der Waals surface area contributed by atoms with Crippen molar-refractivity contribution in [2.45, 2.75) is 19.8 Å². The van der Waals surface area contributed by atoms with E-state index in [1.807, 2.05) is 36.1 Å². The molecule has 0 aliphatic carbocycles. The average molecular weight is 440 g/mol. The Morgan fingerprint density at radius 3 is 2.22 bits per heavy atom. The Hall–Kier alpha value is -3.55. The number of amides is 2. The van der Waals surface area contributed by atoms with Crippen molar-refractivity contribution in [1.29, 1.82) is 0 Å². The van der Waals surface area contributed by atoms with Gasteiger partial charge >= 0.3 is 0 Å². The van der Waals surface area contributed by atoms with Crippen LogP contribution in [-0.2, 0) is 4.79 Å². The lowest BCUT2D eigenvalue weighted by Gasteiger charge is -2.31. The SMILES string of the molecule is COc1cc(/C=N\NC(=O)C2CCN(C(=O)c3ccccc3C)CC2)cc(OC)c1OC. The molecule has 8 nitrogen and oxygen atoms in total. The van der Waals surface area contributed by atoms with Gasteiger partial charge in [-0.2, -0.15) is 5.10 Å². The van der Waals surface area contributed by atoms with Gasteiger partial charge in [0.2, 0.25) is 11.7 Å². The number of piperidine rings is 1. The average Bonchev–Trinajstić information content (AvgIpc) is 2.83. The van der Waals surface area contributed by atoms with E-state index < -0.39 is 0 Å². The van der Waals surface area contributed by atoms with Gasteiger partial charge in [0.15, 0.2) is 11.5 Å². The van der Waals surface area contributed by atoms with E-state index in [4.69, 9.17) is 14.2 Å². The maximum Gasteiger partial charge on any atom is 0.254 e. The molecule has 3 rings (SSSR count). The number of hydrogen-bond donors (Lipinski definition) is 1. The molecule has 1 saturated heterocycles. The number of carbonyl (C=O) groups is 2. The van der Waals surface area contributed by atoms with Crippen LogP contribution in [0, 0.1) is 12.8 Å². The van der Waals surface area contributed by atoms with Gasteiger partial charge in [-0.3, -0.25) is 9.59 Å². The predicted molar refractivity (Wildman–Crippen MR) is 122 cm³/mol. The number of methoxy groups -OCH3 is 3. The quantitative estimate of drug-likeness (QED) is 0.529. The van der Waals surface area contributed by atoms with Gasteiger partial charge in [0.25, 0.3) is 5.91 Å². The van der Waals surface area contributed by atoms with Gasteiger partial charge in [-0.05, 0) is 43.5 Å². The highest BCUT2D eigenvalue weighted by molar-refractivity contribution is 5.95. The van der Waals surface area contributed by atoms with Crippen LogP contribution in [0.15, 0.2) is 41.5 Å². The minimum atomic E-state index is -0.187. The van der Waals surface area contributed by atoms with Crippen LogP contribution in [0.2, 0.25) is 0 Å². The molecule has 0 unspecified atom stereocenters. The first-order chi connectivity index (χ1) is 15.5. The molecule has 0 atom stereocenters. The van der Waals surface area contributed by atoms with Crippen molar-refractivity contribution in [1.82, 2.24) is 10.3 Å². The van der Waals surface area contributed by atoms with Gasteiger partial charge in [-0.1, -0.05) is 18.2 Å². The van der Waals surface area contributed by atoms with Gasteiger partial charge in [0, 0.05) is 30.1 Å². The standard InChI is InChI=1S/C24H29N3O5/c1-16-7-5-6-8-19(16)24(29)27-11-9-18(10-12-27)23(28)26-25-15-17-13-20(30-2)22(32-4)21(14-17)31-3/h5-8,13-15,18H,9-12H2,1-4H3,(H,26,28)/b25-15-. The van der Waals surface area contributed by atoms with Crippen molar-refractivity contribution >= 4 is 18.0 Å². The lowest BCUT2D eigenvalue weighted by Crippen LogP contribution is -2.42. The number of likely N-dealkylation sites (tertiary alicyclic amines) is 1. The topological polar surface area (TPSA) is 89.5 Å². The van der Waals surface area contributed by atoms with Crippen LogP contribution in [0.1, 0.15) is 34.3 Å². The molecule has 170 valence electrons. The van der Waals surface area contributed by atoms with Crippen molar-refractivity contribution in [2.24, 2.45) is 11.0 Å². The molecule has 0 saturated carbocycles. The summed E-state index contributed by atoms with van der Waals surface area (Å²) in [6, 6.07) is 11.0. The third kappa shape index (κ3) is 5.19. The molecule has 1 heterocycles. The monoisotopic (exact) mass is 439 g/mol. The van der Waals surface area contributed by atoms with Crippen LogP contribution >= 0.6 is 0 Å². The summed E-state index contributed by atoms with van der Waals surface area (Å²) in [6.45, 7) is 3.02. The van der Waals surface area contributed by atoms with Gasteiger partial charge in [-0.15, -0.1) is 0 Å². The van der Waals surface area contributed by atoms with E-state index in [9.17, 15) is 9.59 Å². The van der Waals surface area contributed by atoms with Crippen LogP contribution in [0.25, 0.3) is 0 Å². The second kappa shape index (κ2) is 10.7. The van der Waals surface area contributed by atoms with E-state index >= 15 is 0 Å². The number of rotatable bonds is 7. The van der Waals surface area contributed by atoms with Crippen LogP contribution in [-0.4, -0.2) is 57.3 Å². The molecule has 0 bridgehead atoms. The number of hydrogen-bond acceptors (Lipinski definition) is 6. The predicted octanol–water partition coefficient (Wildman–Crippen LogP) is 3.02. The number of nitrogens with one attached hydrogen (secondary N) is 1. The van der Waals surface area contributed by atoms with Gasteiger partial charge in [-0.25, -0.2) is 5.43 Å². The van der Waals surface area contributed by atoms with E-state index in [1.54, 1.807) is 12.1 Å². The summed E-state index contributed by atoms with van der Waals surface area (Å²) >= 11 is 0. The summed E-state index contributed by atoms with van der Waals surface area (Å²) in [4.78, 5) is 27.1. The summed E-state index contributed by atoms with van der Waals surface area (Å²) in [5.74, 6) is 1.17. The Morgan fingerprint density at radius 1 is 1.03 bits per heavy atom. The Balaban J connectivity index is 1.56. The second-order valence-corrected chi connectivity index (χ2v) is 7.57. The second-order valence-electron chi connectivity index (χ2n) is 7.57. The van der Waals surface area contributed by atoms with E-state index in [-0.39, 0.29) is 17.7 Å². The fourth-order valence-corrected chi connectivity index (χ4v) is 3.77. The lowest BCUT2D eigenvalue weighted by molar-refractivity contribution is -0.126. The minimum absolute atomic E-state index is 0.0161. The maximum absolute atomic E-state index is 12.7. The summed E-state index contributed by atoms with van der Waals surface area (Å²) in [5, 5.41) is 4.08. The Morgan fingerprint density at radius 2 is 1.66 bits per heavy atom. The number of ether oxygens (including phenoxy) is 3. The van der Waals surface area contributed by atoms with Gasteiger partial charge < -0.3 is 19.1 Å². The summed E-state index contributed by atoms with van der Waals surface area (Å²) in [7, 11) is 4.61. The number of carbonyl (C=O) groups excluding carboxylic acids is 2. The maximum atomic E-state index is 12.7. The third-order valence-electron chi connectivity index (χ3n) is 5.60. The summed E-state index contributed by atoms with van der Waals surface area (Å²) < 4.78 is 16.0. The molecule has 1 N–H and O–H groups in total. The molecule has 1 fully saturated rings. The van der Waals surface area contributed by atoms with Gasteiger partial charge in [0.05, 0.1) is 27.5 Å². The zero-order valence-electron chi connectivity index (χ0n) is 18.9. The van der Waals surface area contributed by atoms with Crippen LogP contribution in [0.5, 0.6) is 17.2 Å². The molecule has 0 aromatic heterocycles. The van der Waals surface area contributed by atoms with Crippen LogP contribution in [0.4, 0.5) is 0 Å². The lowest BCUT2D eigenvalue weighted by atomic mass is 9.95. The molecule has 0 spiro atoms. The number of nitrogens with zero attached hydrogens (tertiary/aromatic N) is 2. The molecule has 8 heteroatoms. The Bertz CT molecular complexity index is 972. The molecule has 0 radical (unpaired) electrons. The number of hydrazone groups is 1. The Labute approximate surface area is 188 Å². The molecule has 1 aliphatic heterocycles. The number of benzene rings is 2. The first-order valence-corrected chi connectivity index (χ1v) is 10.5. The highest BCUT2D eigenvalue weighted by Crippen LogP contribution is 2.37. The van der Waals surface area contributed by atoms with Crippen molar-refractivity contribution in [3.63, 3.8) is 0 Å². The third-order valence-corrected chi connectivity index (χ3v) is 5.60. The minimum Gasteiger partial charge on any atom is -0.493 e. The van der Waals surface area contributed by atoms with E-state index in [2.05, 4.69) is 10.5 Å². The van der Waals surface area contributed by atoms with E-state index in [0.717, 1.165) is 5.56 Å². The smallest absolute Gasteiger partial charge is 0.254 e. The normalized spacial score (nSPS) is 14.3. The summed E-state index contributed by atoms with van der Waals surface area (Å²) in [6.07, 6.45) is 2.73. The largest absolute Gasteiger partial charge is 0.493 e. The van der Waals surface area contributed by atoms with Gasteiger partial charge in [0.1, 0.15) is 0 Å². The zero-order valence-corrected chi connectivity index (χ0v) is 18.9. The molecule has 2 amide bonds. The molecule has 2 aromatic carbocycles.